The molecule has 0 fully saturated rings. The molecule has 0 radical (unpaired) electrons. The van der Waals surface area contributed by atoms with E-state index in [4.69, 9.17) is 9.05 Å². The third-order valence-corrected chi connectivity index (χ3v) is 4.59. The van der Waals surface area contributed by atoms with Gasteiger partial charge in [-0.3, -0.25) is 13.8 Å². The predicted octanol–water partition coefficient (Wildman–Crippen LogP) is 2.95. The van der Waals surface area contributed by atoms with Crippen LogP contribution in [0, 0.1) is 11.8 Å². The summed E-state index contributed by atoms with van der Waals surface area (Å²) in [7, 11) is -4.39. The average molecular weight is 381 g/mol. The number of hydrogen-bond acceptors (Lipinski definition) is 5. The van der Waals surface area contributed by atoms with Crippen molar-refractivity contribution in [3.05, 3.63) is 0 Å². The van der Waals surface area contributed by atoms with Gasteiger partial charge in [-0.2, -0.15) is 0 Å². The van der Waals surface area contributed by atoms with Gasteiger partial charge in [-0.15, -0.1) is 0 Å². The summed E-state index contributed by atoms with van der Waals surface area (Å²) in [6.07, 6.45) is 0.996. The fourth-order valence-electron chi connectivity index (χ4n) is 2.02. The molecule has 0 saturated carbocycles. The van der Waals surface area contributed by atoms with Crippen LogP contribution in [0.25, 0.3) is 0 Å². The first kappa shape index (κ1) is 24.1. The van der Waals surface area contributed by atoms with Gasteiger partial charge in [-0.1, -0.05) is 27.7 Å². The minimum Gasteiger partial charge on any atom is -0.480 e. The number of phosphoric ester groups is 1. The summed E-state index contributed by atoms with van der Waals surface area (Å²) in [6.45, 7) is 9.30. The Bertz CT molecular complexity index is 467. The minimum atomic E-state index is -4.39. The van der Waals surface area contributed by atoms with Crippen molar-refractivity contribution in [2.24, 2.45) is 11.8 Å². The van der Waals surface area contributed by atoms with Gasteiger partial charge in [-0.05, 0) is 38.0 Å². The Morgan fingerprint density at radius 3 is 2.12 bits per heavy atom. The smallest absolute Gasteiger partial charge is 0.472 e. The van der Waals surface area contributed by atoms with E-state index in [0.717, 1.165) is 6.42 Å². The zero-order valence-corrected chi connectivity index (χ0v) is 16.6. The molecule has 0 bridgehead atoms. The van der Waals surface area contributed by atoms with Gasteiger partial charge in [0.05, 0.1) is 12.7 Å². The number of hydrogen-bond donors (Lipinski definition) is 3. The first-order chi connectivity index (χ1) is 11.4. The molecule has 0 aromatic carbocycles. The molecule has 3 N–H and O–H groups in total. The van der Waals surface area contributed by atoms with Crippen LogP contribution < -0.4 is 5.32 Å². The lowest BCUT2D eigenvalue weighted by Gasteiger charge is -2.23. The van der Waals surface area contributed by atoms with Crippen molar-refractivity contribution >= 4 is 19.7 Å². The summed E-state index contributed by atoms with van der Waals surface area (Å²) in [5.74, 6) is -1.04. The predicted molar refractivity (Wildman–Crippen MR) is 94.0 cm³/mol. The molecule has 0 aliphatic heterocycles. The molecule has 25 heavy (non-hydrogen) atoms. The third-order valence-electron chi connectivity index (χ3n) is 3.48. The maximum absolute atomic E-state index is 11.9. The van der Waals surface area contributed by atoms with Gasteiger partial charge < -0.3 is 15.3 Å². The number of carboxylic acids is 1. The van der Waals surface area contributed by atoms with Crippen molar-refractivity contribution in [2.75, 3.05) is 6.61 Å². The summed E-state index contributed by atoms with van der Waals surface area (Å²) >= 11 is 0. The monoisotopic (exact) mass is 381 g/mol. The first-order valence-electron chi connectivity index (χ1n) is 8.62. The van der Waals surface area contributed by atoms with E-state index in [2.05, 4.69) is 5.32 Å². The molecule has 0 aliphatic rings. The number of phosphoric acid groups is 1. The molecular formula is C16H32NO7P. The highest BCUT2D eigenvalue weighted by Gasteiger charge is 2.33. The Morgan fingerprint density at radius 2 is 1.64 bits per heavy atom. The van der Waals surface area contributed by atoms with Gasteiger partial charge >= 0.3 is 13.8 Å². The second-order valence-corrected chi connectivity index (χ2v) is 8.37. The molecule has 0 saturated heterocycles. The molecule has 1 amide bonds. The number of nitrogens with one attached hydrogen (secondary N) is 1. The largest absolute Gasteiger partial charge is 0.480 e. The van der Waals surface area contributed by atoms with Gasteiger partial charge in [0.1, 0.15) is 0 Å². The number of carbonyl (C=O) groups is 2. The lowest BCUT2D eigenvalue weighted by molar-refractivity contribution is -0.144. The Hall–Kier alpha value is -0.950. The van der Waals surface area contributed by atoms with Crippen molar-refractivity contribution in [3.8, 4) is 0 Å². The summed E-state index contributed by atoms with van der Waals surface area (Å²) in [5.41, 5.74) is 0. The quantitative estimate of drug-likeness (QED) is 0.331. The van der Waals surface area contributed by atoms with E-state index in [-0.39, 0.29) is 13.0 Å². The van der Waals surface area contributed by atoms with Crippen LogP contribution in [0.2, 0.25) is 0 Å². The topological polar surface area (TPSA) is 122 Å². The third kappa shape index (κ3) is 12.1. The molecule has 0 spiro atoms. The van der Waals surface area contributed by atoms with Crippen LogP contribution in [0.3, 0.4) is 0 Å². The minimum absolute atomic E-state index is 0.0389. The maximum atomic E-state index is 11.9. The maximum Gasteiger partial charge on any atom is 0.472 e. The Kier molecular flexibility index (Phi) is 11.2. The van der Waals surface area contributed by atoms with E-state index in [1.807, 2.05) is 27.7 Å². The van der Waals surface area contributed by atoms with Crippen LogP contribution in [0.5, 0.6) is 0 Å². The Morgan fingerprint density at radius 1 is 1.08 bits per heavy atom. The number of aliphatic carboxylic acids is 1. The van der Waals surface area contributed by atoms with E-state index in [1.165, 1.54) is 6.92 Å². The van der Waals surface area contributed by atoms with Gasteiger partial charge in [-0.25, -0.2) is 9.36 Å². The highest BCUT2D eigenvalue weighted by molar-refractivity contribution is 7.47. The van der Waals surface area contributed by atoms with Crippen LogP contribution in [0.4, 0.5) is 0 Å². The van der Waals surface area contributed by atoms with Crippen LogP contribution in [0.15, 0.2) is 0 Å². The van der Waals surface area contributed by atoms with Gasteiger partial charge in [0, 0.05) is 6.42 Å². The average Bonchev–Trinajstić information content (AvgIpc) is 2.46. The van der Waals surface area contributed by atoms with Crippen LogP contribution >= 0.6 is 7.82 Å². The van der Waals surface area contributed by atoms with Crippen LogP contribution in [0.1, 0.15) is 60.3 Å². The Labute approximate surface area is 149 Å². The standard InChI is InChI=1S/C16H32NO7P/c1-11(2)7-6-10-23-25(21,22)24-13(5)15(16(19)20)17-14(18)9-8-12(3)4/h11-13,15H,6-10H2,1-5H3,(H,17,18)(H,19,20)(H,21,22). The lowest BCUT2D eigenvalue weighted by Crippen LogP contribution is -2.48. The van der Waals surface area contributed by atoms with Crippen molar-refractivity contribution in [3.63, 3.8) is 0 Å². The highest BCUT2D eigenvalue weighted by Crippen LogP contribution is 2.45. The van der Waals surface area contributed by atoms with Crippen molar-refractivity contribution in [1.82, 2.24) is 5.32 Å². The molecule has 0 rings (SSSR count). The molecule has 3 atom stereocenters. The van der Waals surface area contributed by atoms with Crippen molar-refractivity contribution in [1.29, 1.82) is 0 Å². The van der Waals surface area contributed by atoms with Crippen LogP contribution in [-0.2, 0) is 23.2 Å². The molecule has 8 nitrogen and oxygen atoms in total. The van der Waals surface area contributed by atoms with Crippen LogP contribution in [-0.4, -0.2) is 40.6 Å². The summed E-state index contributed by atoms with van der Waals surface area (Å²) < 4.78 is 21.6. The highest BCUT2D eigenvalue weighted by atomic mass is 31.2. The first-order valence-corrected chi connectivity index (χ1v) is 10.1. The second-order valence-electron chi connectivity index (χ2n) is 6.96. The number of rotatable bonds is 13. The molecule has 0 heterocycles. The van der Waals surface area contributed by atoms with Crippen molar-refractivity contribution < 1.29 is 33.2 Å². The second kappa shape index (κ2) is 11.6. The van der Waals surface area contributed by atoms with Gasteiger partial charge in [0.15, 0.2) is 6.04 Å². The fourth-order valence-corrected chi connectivity index (χ4v) is 2.98. The zero-order chi connectivity index (χ0) is 19.6. The lowest BCUT2D eigenvalue weighted by atomic mass is 10.1. The fraction of sp³-hybridized carbons (Fsp3) is 0.875. The summed E-state index contributed by atoms with van der Waals surface area (Å²) in [6, 6.07) is -1.43. The van der Waals surface area contributed by atoms with Crippen molar-refractivity contribution in [2.45, 2.75) is 72.4 Å². The van der Waals surface area contributed by atoms with E-state index in [0.29, 0.717) is 24.7 Å². The number of amides is 1. The molecule has 3 unspecified atom stereocenters. The van der Waals surface area contributed by atoms with E-state index in [9.17, 15) is 24.2 Å². The molecule has 0 aliphatic carbocycles. The normalized spacial score (nSPS) is 16.5. The summed E-state index contributed by atoms with van der Waals surface area (Å²) in [4.78, 5) is 32.8. The molecule has 0 aromatic heterocycles. The molecular weight excluding hydrogens is 349 g/mol. The SMILES string of the molecule is CC(C)CCCOP(=O)(O)OC(C)C(NC(=O)CCC(C)C)C(=O)O. The summed E-state index contributed by atoms with van der Waals surface area (Å²) in [5, 5.41) is 11.6. The van der Waals surface area contributed by atoms with Gasteiger partial charge in [0.2, 0.25) is 5.91 Å². The van der Waals surface area contributed by atoms with E-state index >= 15 is 0 Å². The van der Waals surface area contributed by atoms with Gasteiger partial charge in [0.25, 0.3) is 0 Å². The molecule has 0 aromatic rings. The molecule has 148 valence electrons. The van der Waals surface area contributed by atoms with E-state index < -0.39 is 31.8 Å². The molecule has 9 heteroatoms. The number of carbonyl (C=O) groups excluding carboxylic acids is 1. The van der Waals surface area contributed by atoms with E-state index in [1.54, 1.807) is 0 Å². The number of carboxylic acid groups (broad SMARTS) is 1. The zero-order valence-electron chi connectivity index (χ0n) is 15.7. The Balaban J connectivity index is 4.56.